The van der Waals surface area contributed by atoms with E-state index in [1.54, 1.807) is 48.7 Å². The molecule has 1 aromatic carbocycles. The van der Waals surface area contributed by atoms with Crippen molar-refractivity contribution in [2.24, 2.45) is 4.36 Å². The predicted octanol–water partition coefficient (Wildman–Crippen LogP) is 4.70. The molecule has 1 amide bonds. The van der Waals surface area contributed by atoms with Gasteiger partial charge in [0.2, 0.25) is 5.95 Å². The Balaban J connectivity index is 1.81. The molecule has 0 radical (unpaired) electrons. The molecule has 0 bridgehead atoms. The van der Waals surface area contributed by atoms with E-state index in [4.69, 9.17) is 4.74 Å². The van der Waals surface area contributed by atoms with Crippen LogP contribution in [0.1, 0.15) is 26.7 Å². The monoisotopic (exact) mass is 489 g/mol. The van der Waals surface area contributed by atoms with Crippen molar-refractivity contribution in [3.05, 3.63) is 48.0 Å². The Morgan fingerprint density at radius 1 is 1.27 bits per heavy atom. The van der Waals surface area contributed by atoms with Crippen molar-refractivity contribution in [3.8, 4) is 10.4 Å². The molecule has 3 rings (SSSR count). The number of hydrogen-bond acceptors (Lipinski definition) is 9. The van der Waals surface area contributed by atoms with Gasteiger partial charge in [-0.05, 0) is 49.1 Å². The Labute approximate surface area is 198 Å². The van der Waals surface area contributed by atoms with Crippen LogP contribution < -0.4 is 10.6 Å². The molecule has 33 heavy (non-hydrogen) atoms. The maximum atomic E-state index is 12.2. The van der Waals surface area contributed by atoms with Crippen molar-refractivity contribution < 1.29 is 18.8 Å². The predicted molar refractivity (Wildman–Crippen MR) is 132 cm³/mol. The van der Waals surface area contributed by atoms with Crippen LogP contribution in [-0.2, 0) is 15.3 Å². The summed E-state index contributed by atoms with van der Waals surface area (Å²) in [4.78, 5) is 21.9. The van der Waals surface area contributed by atoms with Gasteiger partial charge < -0.3 is 20.5 Å². The Morgan fingerprint density at radius 2 is 2.06 bits per heavy atom. The number of aliphatic hydroxyl groups excluding tert-OH is 1. The summed E-state index contributed by atoms with van der Waals surface area (Å²) in [7, 11) is -2.24. The number of thiophene rings is 1. The highest BCUT2D eigenvalue weighted by Gasteiger charge is 2.15. The Hall–Kier alpha value is -3.02. The molecular formula is C22H27N5O4S2. The number of anilines is 3. The van der Waals surface area contributed by atoms with Crippen molar-refractivity contribution >= 4 is 45.5 Å². The van der Waals surface area contributed by atoms with E-state index in [1.165, 1.54) is 0 Å². The molecule has 11 heteroatoms. The number of aliphatic hydroxyl groups is 1. The molecule has 2 unspecified atom stereocenters. The molecule has 0 aliphatic heterocycles. The highest BCUT2D eigenvalue weighted by Crippen LogP contribution is 2.31. The van der Waals surface area contributed by atoms with Crippen molar-refractivity contribution in [2.45, 2.75) is 37.6 Å². The first kappa shape index (κ1) is 24.6. The summed E-state index contributed by atoms with van der Waals surface area (Å²) in [6, 6.07) is 10.5. The largest absolute Gasteiger partial charge is 0.448 e. The topological polar surface area (TPSA) is 126 Å². The number of carbonyl (C=O) groups is 1. The van der Waals surface area contributed by atoms with Crippen molar-refractivity contribution in [3.63, 3.8) is 0 Å². The standard InChI is InChI=1S/C22H27N5O4S2/c1-3-6-16(14-28)24-20-18(19-7-5-12-32-19)13-23-21(26-20)25-15-8-10-17(11-9-15)33(30)27-22(29)31-4-2/h5,7-13,16,28,33H,3-4,6,14H2,1-2H3,(H2,23,24,25,26). The lowest BCUT2D eigenvalue weighted by molar-refractivity contribution is 0.164. The second kappa shape index (κ2) is 12.3. The van der Waals surface area contributed by atoms with E-state index < -0.39 is 16.7 Å². The molecular weight excluding hydrogens is 462 g/mol. The highest BCUT2D eigenvalue weighted by atomic mass is 32.2. The Kier molecular flexibility index (Phi) is 9.16. The fraction of sp³-hybridized carbons (Fsp3) is 0.318. The summed E-state index contributed by atoms with van der Waals surface area (Å²) in [5.74, 6) is 1.01. The molecule has 176 valence electrons. The third-order valence-electron chi connectivity index (χ3n) is 4.56. The quantitative estimate of drug-likeness (QED) is 0.302. The number of carbonyl (C=O) groups excluding carboxylic acids is 1. The number of amides is 1. The molecule has 0 aliphatic rings. The Morgan fingerprint density at radius 3 is 2.70 bits per heavy atom. The van der Waals surface area contributed by atoms with Gasteiger partial charge in [-0.2, -0.15) is 4.98 Å². The SMILES string of the molecule is CCCC(CO)Nc1nc(Nc2ccc(/[SH](=O)=N/C(=O)OCC)cc2)ncc1-c1cccs1. The minimum absolute atomic E-state index is 0.000969. The van der Waals surface area contributed by atoms with Gasteiger partial charge in [-0.3, -0.25) is 0 Å². The maximum absolute atomic E-state index is 12.2. The number of ether oxygens (including phenoxy) is 1. The summed E-state index contributed by atoms with van der Waals surface area (Å²) >= 11 is 1.59. The molecule has 0 fully saturated rings. The summed E-state index contributed by atoms with van der Waals surface area (Å²) in [5.41, 5.74) is 1.54. The van der Waals surface area contributed by atoms with Crippen molar-refractivity contribution in [1.29, 1.82) is 0 Å². The normalized spacial score (nSPS) is 12.8. The van der Waals surface area contributed by atoms with E-state index >= 15 is 0 Å². The lowest BCUT2D eigenvalue weighted by atomic mass is 10.1. The fourth-order valence-electron chi connectivity index (χ4n) is 3.00. The lowest BCUT2D eigenvalue weighted by Crippen LogP contribution is -2.24. The minimum atomic E-state index is -2.24. The van der Waals surface area contributed by atoms with Gasteiger partial charge in [-0.25, -0.2) is 14.0 Å². The van der Waals surface area contributed by atoms with E-state index in [0.29, 0.717) is 22.3 Å². The van der Waals surface area contributed by atoms with Gasteiger partial charge in [-0.15, -0.1) is 15.7 Å². The Bertz CT molecular complexity index is 1130. The van der Waals surface area contributed by atoms with Gasteiger partial charge in [0.15, 0.2) is 0 Å². The molecule has 2 atom stereocenters. The number of nitrogens with one attached hydrogen (secondary N) is 2. The zero-order valence-corrected chi connectivity index (χ0v) is 20.1. The van der Waals surface area contributed by atoms with Crippen LogP contribution in [0.2, 0.25) is 0 Å². The number of aromatic nitrogens is 2. The molecule has 3 aromatic rings. The third kappa shape index (κ3) is 6.98. The van der Waals surface area contributed by atoms with E-state index in [-0.39, 0.29) is 19.3 Å². The van der Waals surface area contributed by atoms with E-state index in [1.807, 2.05) is 17.5 Å². The molecule has 0 aliphatic carbocycles. The van der Waals surface area contributed by atoms with Crippen molar-refractivity contribution in [1.82, 2.24) is 9.97 Å². The molecule has 0 spiro atoms. The first-order valence-corrected chi connectivity index (χ1v) is 12.6. The second-order valence-electron chi connectivity index (χ2n) is 6.99. The third-order valence-corrected chi connectivity index (χ3v) is 6.55. The van der Waals surface area contributed by atoms with E-state index in [2.05, 4.69) is 31.9 Å². The van der Waals surface area contributed by atoms with Crippen LogP contribution >= 0.6 is 11.3 Å². The first-order chi connectivity index (χ1) is 16.0. The molecule has 0 saturated carbocycles. The summed E-state index contributed by atoms with van der Waals surface area (Å²) in [5, 5.41) is 18.2. The maximum Gasteiger partial charge on any atom is 0.441 e. The van der Waals surface area contributed by atoms with Gasteiger partial charge in [0.25, 0.3) is 0 Å². The zero-order chi connectivity index (χ0) is 23.6. The molecule has 0 saturated heterocycles. The fourth-order valence-corrected chi connectivity index (χ4v) is 4.46. The van der Waals surface area contributed by atoms with Crippen LogP contribution in [0.25, 0.3) is 10.4 Å². The lowest BCUT2D eigenvalue weighted by Gasteiger charge is -2.19. The van der Waals surface area contributed by atoms with E-state index in [0.717, 1.165) is 23.3 Å². The molecule has 2 heterocycles. The van der Waals surface area contributed by atoms with Crippen LogP contribution in [0, 0.1) is 0 Å². The average molecular weight is 490 g/mol. The molecule has 2 aromatic heterocycles. The van der Waals surface area contributed by atoms with Gasteiger partial charge >= 0.3 is 6.09 Å². The minimum Gasteiger partial charge on any atom is -0.448 e. The van der Waals surface area contributed by atoms with Crippen LogP contribution in [0.5, 0.6) is 0 Å². The summed E-state index contributed by atoms with van der Waals surface area (Å²) < 4.78 is 20.4. The number of benzene rings is 1. The van der Waals surface area contributed by atoms with Gasteiger partial charge in [-0.1, -0.05) is 19.4 Å². The van der Waals surface area contributed by atoms with Crippen LogP contribution in [0.15, 0.2) is 57.2 Å². The van der Waals surface area contributed by atoms with Crippen LogP contribution in [0.4, 0.5) is 22.2 Å². The van der Waals surface area contributed by atoms with Crippen molar-refractivity contribution in [2.75, 3.05) is 23.8 Å². The smallest absolute Gasteiger partial charge is 0.441 e. The summed E-state index contributed by atoms with van der Waals surface area (Å²) in [6.07, 6.45) is 2.64. The van der Waals surface area contributed by atoms with Crippen LogP contribution in [-0.4, -0.2) is 44.6 Å². The first-order valence-electron chi connectivity index (χ1n) is 10.5. The molecule has 3 N–H and O–H groups in total. The number of hydrogen-bond donors (Lipinski definition) is 4. The average Bonchev–Trinajstić information content (AvgIpc) is 3.34. The van der Waals surface area contributed by atoms with E-state index in [9.17, 15) is 14.1 Å². The van der Waals surface area contributed by atoms with Gasteiger partial charge in [0.1, 0.15) is 5.82 Å². The molecule has 9 nitrogen and oxygen atoms in total. The number of rotatable bonds is 10. The van der Waals surface area contributed by atoms with Gasteiger partial charge in [0, 0.05) is 21.7 Å². The highest BCUT2D eigenvalue weighted by molar-refractivity contribution is 7.75. The number of thiol groups is 1. The van der Waals surface area contributed by atoms with Crippen LogP contribution in [0.3, 0.4) is 0 Å². The second-order valence-corrected chi connectivity index (χ2v) is 9.20. The van der Waals surface area contributed by atoms with Gasteiger partial charge in [0.05, 0.1) is 35.4 Å². The number of nitrogens with zero attached hydrogens (tertiary/aromatic N) is 3. The zero-order valence-electron chi connectivity index (χ0n) is 18.4. The summed E-state index contributed by atoms with van der Waals surface area (Å²) in [6.45, 7) is 3.90.